The second kappa shape index (κ2) is 11.7. The molecule has 0 radical (unpaired) electrons. The Morgan fingerprint density at radius 2 is 1.78 bits per heavy atom. The fourth-order valence-electron chi connectivity index (χ4n) is 4.85. The van der Waals surface area contributed by atoms with E-state index in [2.05, 4.69) is 0 Å². The Balaban J connectivity index is 2.32. The zero-order valence-corrected chi connectivity index (χ0v) is 21.0. The van der Waals surface area contributed by atoms with E-state index < -0.39 is 24.4 Å². The molecule has 10 atom stereocenters. The van der Waals surface area contributed by atoms with Crippen LogP contribution in [-0.4, -0.2) is 72.6 Å². The number of aliphatic hydroxyl groups is 1. The second-order valence-electron chi connectivity index (χ2n) is 10.1. The number of hydrogen-bond donors (Lipinski definition) is 1. The van der Waals surface area contributed by atoms with Crippen molar-refractivity contribution in [3.63, 3.8) is 0 Å². The summed E-state index contributed by atoms with van der Waals surface area (Å²) in [6.45, 7) is 11.6. The average Bonchev–Trinajstić information content (AvgIpc) is 2.73. The van der Waals surface area contributed by atoms with E-state index in [1.54, 1.807) is 13.0 Å². The minimum atomic E-state index is -0.853. The Morgan fingerprint density at radius 1 is 1.12 bits per heavy atom. The highest BCUT2D eigenvalue weighted by Crippen LogP contribution is 2.32. The maximum Gasteiger partial charge on any atom is 0.311 e. The van der Waals surface area contributed by atoms with Crippen LogP contribution in [0.3, 0.4) is 0 Å². The van der Waals surface area contributed by atoms with Crippen molar-refractivity contribution in [2.75, 3.05) is 14.1 Å². The first-order valence-corrected chi connectivity index (χ1v) is 12.0. The third kappa shape index (κ3) is 6.62. The molecule has 32 heavy (non-hydrogen) atoms. The lowest BCUT2D eigenvalue weighted by Crippen LogP contribution is -2.56. The molecular weight excluding hydrogens is 410 g/mol. The summed E-state index contributed by atoms with van der Waals surface area (Å²) in [4.78, 5) is 27.7. The molecule has 2 heterocycles. The molecule has 0 aromatic rings. The Hall–Kier alpha value is -1.28. The van der Waals surface area contributed by atoms with Crippen LogP contribution in [0.5, 0.6) is 0 Å². The number of carbonyl (C=O) groups is 2. The number of esters is 1. The molecular formula is C25H43NO6. The molecule has 0 amide bonds. The van der Waals surface area contributed by atoms with Crippen LogP contribution in [0.1, 0.15) is 60.8 Å². The van der Waals surface area contributed by atoms with Gasteiger partial charge >= 0.3 is 5.97 Å². The summed E-state index contributed by atoms with van der Waals surface area (Å²) in [5.74, 6) is -1.21. The number of likely N-dealkylation sites (N-methyl/N-ethyl adjacent to an activating group) is 1. The molecule has 7 nitrogen and oxygen atoms in total. The van der Waals surface area contributed by atoms with Gasteiger partial charge in [0.1, 0.15) is 12.2 Å². The summed E-state index contributed by atoms with van der Waals surface area (Å²) in [5.41, 5.74) is 0. The van der Waals surface area contributed by atoms with Crippen molar-refractivity contribution in [1.82, 2.24) is 4.90 Å². The van der Waals surface area contributed by atoms with Gasteiger partial charge in [-0.15, -0.1) is 0 Å². The Labute approximate surface area is 193 Å². The van der Waals surface area contributed by atoms with Gasteiger partial charge in [-0.1, -0.05) is 33.8 Å². The van der Waals surface area contributed by atoms with Gasteiger partial charge in [0, 0.05) is 17.9 Å². The van der Waals surface area contributed by atoms with Crippen LogP contribution in [0, 0.1) is 23.7 Å². The van der Waals surface area contributed by atoms with Crippen molar-refractivity contribution in [2.45, 2.75) is 97.6 Å². The van der Waals surface area contributed by atoms with Crippen LogP contribution >= 0.6 is 0 Å². The van der Waals surface area contributed by atoms with Crippen LogP contribution in [-0.2, 0) is 23.8 Å². The lowest BCUT2D eigenvalue weighted by Gasteiger charge is -2.43. The first-order valence-electron chi connectivity index (χ1n) is 12.0. The molecule has 1 N–H and O–H groups in total. The minimum absolute atomic E-state index is 0.0614. The average molecular weight is 454 g/mol. The predicted octanol–water partition coefficient (Wildman–Crippen LogP) is 3.19. The van der Waals surface area contributed by atoms with Crippen LogP contribution < -0.4 is 0 Å². The lowest BCUT2D eigenvalue weighted by molar-refractivity contribution is -0.279. The molecule has 7 heteroatoms. The van der Waals surface area contributed by atoms with Crippen molar-refractivity contribution < 1.29 is 28.9 Å². The number of ether oxygens (including phenoxy) is 3. The molecule has 184 valence electrons. The number of allylic oxidation sites excluding steroid dienone is 1. The summed E-state index contributed by atoms with van der Waals surface area (Å²) >= 11 is 0. The molecule has 0 aromatic heterocycles. The van der Waals surface area contributed by atoms with E-state index >= 15 is 0 Å². The molecule has 1 saturated heterocycles. The van der Waals surface area contributed by atoms with Crippen molar-refractivity contribution in [1.29, 1.82) is 0 Å². The van der Waals surface area contributed by atoms with E-state index in [9.17, 15) is 14.7 Å². The van der Waals surface area contributed by atoms with Gasteiger partial charge in [-0.25, -0.2) is 0 Å². The molecule has 0 saturated carbocycles. The van der Waals surface area contributed by atoms with E-state index in [4.69, 9.17) is 14.2 Å². The Bertz CT molecular complexity index is 665. The maximum absolute atomic E-state index is 13.1. The monoisotopic (exact) mass is 453 g/mol. The molecule has 0 aromatic carbocycles. The fraction of sp³-hybridized carbons (Fsp3) is 0.840. The highest BCUT2D eigenvalue weighted by Gasteiger charge is 2.42. The largest absolute Gasteiger partial charge is 0.461 e. The first-order chi connectivity index (χ1) is 15.0. The maximum atomic E-state index is 13.1. The van der Waals surface area contributed by atoms with Crippen LogP contribution in [0.15, 0.2) is 12.2 Å². The Morgan fingerprint density at radius 3 is 2.38 bits per heavy atom. The first kappa shape index (κ1) is 27.0. The van der Waals surface area contributed by atoms with E-state index in [0.717, 1.165) is 0 Å². The number of hydrogen-bond acceptors (Lipinski definition) is 7. The normalized spacial score (nSPS) is 43.3. The van der Waals surface area contributed by atoms with Crippen LogP contribution in [0.2, 0.25) is 0 Å². The molecule has 1 fully saturated rings. The molecule has 2 aliphatic heterocycles. The number of cyclic esters (lactones) is 1. The lowest BCUT2D eigenvalue weighted by atomic mass is 9.84. The van der Waals surface area contributed by atoms with E-state index in [1.165, 1.54) is 0 Å². The standard InChI is InChI=1S/C25H43NO6/c1-9-21-14(2)10-11-20(27)15(3)12-16(4)23(18(6)24(29)31-21)32-25-22(28)19(26(7)8)13-17(5)30-25/h10-11,14-19,21-23,25,28H,9,12-13H2,1-8H3/b11-10+/t14-,15-,16-,17-,18-,19+,21+,22-,23-,25+/m0/s1. The predicted molar refractivity (Wildman–Crippen MR) is 123 cm³/mol. The zero-order chi connectivity index (χ0) is 24.2. The van der Waals surface area contributed by atoms with Gasteiger partial charge in [-0.3, -0.25) is 9.59 Å². The van der Waals surface area contributed by atoms with Gasteiger partial charge in [0.2, 0.25) is 0 Å². The summed E-state index contributed by atoms with van der Waals surface area (Å²) in [5, 5.41) is 10.9. The second-order valence-corrected chi connectivity index (χ2v) is 10.1. The SMILES string of the molecule is CC[C@H]1OC(=O)[C@@H](C)[C@@H](O[C@H]2O[C@@H](C)C[C@@H](N(C)C)[C@@H]2O)[C@@H](C)C[C@H](C)C(=O)/C=C/[C@@H]1C. The van der Waals surface area contributed by atoms with E-state index in [-0.39, 0.29) is 47.8 Å². The number of rotatable bonds is 4. The van der Waals surface area contributed by atoms with Crippen molar-refractivity contribution in [3.05, 3.63) is 12.2 Å². The number of nitrogens with zero attached hydrogens (tertiary/aromatic N) is 1. The molecule has 0 unspecified atom stereocenters. The zero-order valence-electron chi connectivity index (χ0n) is 21.0. The Kier molecular flexibility index (Phi) is 9.88. The van der Waals surface area contributed by atoms with E-state index in [0.29, 0.717) is 19.3 Å². The number of ketones is 1. The van der Waals surface area contributed by atoms with Crippen LogP contribution in [0.4, 0.5) is 0 Å². The summed E-state index contributed by atoms with van der Waals surface area (Å²) in [7, 11) is 3.85. The highest BCUT2D eigenvalue weighted by atomic mass is 16.7. The number of carbonyl (C=O) groups excluding carboxylic acids is 2. The highest BCUT2D eigenvalue weighted by molar-refractivity contribution is 5.91. The van der Waals surface area contributed by atoms with Crippen LogP contribution in [0.25, 0.3) is 0 Å². The smallest absolute Gasteiger partial charge is 0.311 e. The third-order valence-corrected chi connectivity index (χ3v) is 7.02. The fourth-order valence-corrected chi connectivity index (χ4v) is 4.85. The molecule has 2 rings (SSSR count). The van der Waals surface area contributed by atoms with Gasteiger partial charge in [-0.05, 0) is 59.2 Å². The number of aliphatic hydroxyl groups excluding tert-OH is 1. The summed E-state index contributed by atoms with van der Waals surface area (Å²) in [6.07, 6.45) is 2.73. The quantitative estimate of drug-likeness (QED) is 0.654. The van der Waals surface area contributed by atoms with Gasteiger partial charge in [0.25, 0.3) is 0 Å². The van der Waals surface area contributed by atoms with Crippen molar-refractivity contribution >= 4 is 11.8 Å². The molecule has 0 bridgehead atoms. The van der Waals surface area contributed by atoms with Gasteiger partial charge in [0.15, 0.2) is 12.1 Å². The van der Waals surface area contributed by atoms with Gasteiger partial charge in [0.05, 0.1) is 18.1 Å². The van der Waals surface area contributed by atoms with Gasteiger partial charge in [-0.2, -0.15) is 0 Å². The molecule has 2 aliphatic rings. The van der Waals surface area contributed by atoms with Crippen molar-refractivity contribution in [3.8, 4) is 0 Å². The van der Waals surface area contributed by atoms with Crippen molar-refractivity contribution in [2.24, 2.45) is 23.7 Å². The topological polar surface area (TPSA) is 85.3 Å². The summed E-state index contributed by atoms with van der Waals surface area (Å²) < 4.78 is 18.2. The molecule has 0 aliphatic carbocycles. The summed E-state index contributed by atoms with van der Waals surface area (Å²) in [6, 6.07) is -0.108. The molecule has 0 spiro atoms. The minimum Gasteiger partial charge on any atom is -0.461 e. The van der Waals surface area contributed by atoms with Gasteiger partial charge < -0.3 is 24.2 Å². The van der Waals surface area contributed by atoms with E-state index in [1.807, 2.05) is 59.7 Å². The third-order valence-electron chi connectivity index (χ3n) is 7.02.